The Balaban J connectivity index is 2.01. The molecule has 0 saturated carbocycles. The van der Waals surface area contributed by atoms with Crippen LogP contribution < -0.4 is 10.1 Å². The summed E-state index contributed by atoms with van der Waals surface area (Å²) in [6, 6.07) is 12.0. The van der Waals surface area contributed by atoms with E-state index in [0.717, 1.165) is 5.56 Å². The zero-order valence-electron chi connectivity index (χ0n) is 18.8. The fourth-order valence-corrected chi connectivity index (χ4v) is 2.95. The van der Waals surface area contributed by atoms with Crippen molar-refractivity contribution in [2.24, 2.45) is 0 Å². The van der Waals surface area contributed by atoms with Gasteiger partial charge in [-0.15, -0.1) is 0 Å². The van der Waals surface area contributed by atoms with Crippen LogP contribution in [0.25, 0.3) is 0 Å². The fourth-order valence-electron chi connectivity index (χ4n) is 2.95. The number of ether oxygens (including phenoxy) is 2. The van der Waals surface area contributed by atoms with Gasteiger partial charge in [0.05, 0.1) is 13.7 Å². The summed E-state index contributed by atoms with van der Waals surface area (Å²) in [5, 5.41) is 2.90. The molecule has 7 heteroatoms. The number of carbonyl (C=O) groups is 2. The molecule has 0 aliphatic rings. The van der Waals surface area contributed by atoms with Crippen molar-refractivity contribution >= 4 is 17.7 Å². The van der Waals surface area contributed by atoms with E-state index in [1.54, 1.807) is 23.1 Å². The van der Waals surface area contributed by atoms with Gasteiger partial charge in [0.1, 0.15) is 5.60 Å². The Morgan fingerprint density at radius 1 is 1.13 bits per heavy atom. The first-order chi connectivity index (χ1) is 14.6. The maximum Gasteiger partial charge on any atom is 0.410 e. The van der Waals surface area contributed by atoms with Crippen LogP contribution in [0.4, 0.5) is 14.9 Å². The highest BCUT2D eigenvalue weighted by molar-refractivity contribution is 5.91. The number of nitrogens with one attached hydrogen (secondary N) is 1. The van der Waals surface area contributed by atoms with Crippen LogP contribution in [0, 0.1) is 5.82 Å². The summed E-state index contributed by atoms with van der Waals surface area (Å²) in [5.74, 6) is -0.468. The maximum atomic E-state index is 13.8. The number of para-hydroxylation sites is 1. The zero-order valence-corrected chi connectivity index (χ0v) is 18.8. The van der Waals surface area contributed by atoms with Gasteiger partial charge >= 0.3 is 6.09 Å². The first-order valence-electron chi connectivity index (χ1n) is 10.3. The second-order valence-electron chi connectivity index (χ2n) is 8.17. The predicted molar refractivity (Wildman–Crippen MR) is 119 cm³/mol. The van der Waals surface area contributed by atoms with E-state index in [4.69, 9.17) is 9.47 Å². The number of hydrogen-bond donors (Lipinski definition) is 1. The van der Waals surface area contributed by atoms with Gasteiger partial charge < -0.3 is 19.7 Å². The van der Waals surface area contributed by atoms with E-state index in [-0.39, 0.29) is 18.1 Å². The molecule has 31 heavy (non-hydrogen) atoms. The van der Waals surface area contributed by atoms with Crippen LogP contribution in [0.2, 0.25) is 0 Å². The van der Waals surface area contributed by atoms with Crippen molar-refractivity contribution < 1.29 is 23.5 Å². The number of rotatable bonds is 8. The molecule has 0 aliphatic heterocycles. The van der Waals surface area contributed by atoms with Crippen LogP contribution >= 0.6 is 0 Å². The van der Waals surface area contributed by atoms with E-state index in [1.165, 1.54) is 13.2 Å². The Morgan fingerprint density at radius 3 is 2.45 bits per heavy atom. The van der Waals surface area contributed by atoms with E-state index in [1.807, 2.05) is 45.9 Å². The predicted octanol–water partition coefficient (Wildman–Crippen LogP) is 5.16. The van der Waals surface area contributed by atoms with Crippen molar-refractivity contribution in [1.82, 2.24) is 4.90 Å². The monoisotopic (exact) mass is 430 g/mol. The average molecular weight is 431 g/mol. The quantitative estimate of drug-likeness (QED) is 0.628. The summed E-state index contributed by atoms with van der Waals surface area (Å²) in [6.07, 6.45) is 0.190. The van der Waals surface area contributed by atoms with E-state index < -0.39 is 17.5 Å². The summed E-state index contributed by atoms with van der Waals surface area (Å²) >= 11 is 0. The van der Waals surface area contributed by atoms with E-state index >= 15 is 0 Å². The molecule has 0 heterocycles. The molecule has 0 fully saturated rings. The summed E-state index contributed by atoms with van der Waals surface area (Å²) in [6.45, 7) is 8.12. The van der Waals surface area contributed by atoms with Crippen LogP contribution in [-0.4, -0.2) is 36.2 Å². The van der Waals surface area contributed by atoms with E-state index in [0.29, 0.717) is 30.8 Å². The normalized spacial score (nSPS) is 11.0. The molecular weight excluding hydrogens is 399 g/mol. The zero-order chi connectivity index (χ0) is 23.0. The Labute approximate surface area is 183 Å². The van der Waals surface area contributed by atoms with Gasteiger partial charge in [0.2, 0.25) is 5.91 Å². The SMILES string of the molecule is CCN(Cc1ccccc1NC(=O)CCc1ccc(OC)c(F)c1)C(=O)OC(C)(C)C. The number of hydrogen-bond acceptors (Lipinski definition) is 4. The summed E-state index contributed by atoms with van der Waals surface area (Å²) in [7, 11) is 1.41. The topological polar surface area (TPSA) is 67.9 Å². The van der Waals surface area contributed by atoms with E-state index in [9.17, 15) is 14.0 Å². The van der Waals surface area contributed by atoms with Crippen LogP contribution in [-0.2, 0) is 22.5 Å². The summed E-state index contributed by atoms with van der Waals surface area (Å²) in [4.78, 5) is 26.5. The van der Waals surface area contributed by atoms with Crippen LogP contribution in [0.1, 0.15) is 45.2 Å². The molecule has 0 radical (unpaired) electrons. The highest BCUT2D eigenvalue weighted by Crippen LogP contribution is 2.21. The second kappa shape index (κ2) is 10.8. The first-order valence-corrected chi connectivity index (χ1v) is 10.3. The summed E-state index contributed by atoms with van der Waals surface area (Å²) < 4.78 is 24.2. The van der Waals surface area contributed by atoms with Crippen molar-refractivity contribution in [2.45, 2.75) is 52.7 Å². The molecular formula is C24H31FN2O4. The average Bonchev–Trinajstić information content (AvgIpc) is 2.70. The lowest BCUT2D eigenvalue weighted by Gasteiger charge is -2.27. The van der Waals surface area contributed by atoms with Crippen molar-refractivity contribution in [3.63, 3.8) is 0 Å². The lowest BCUT2D eigenvalue weighted by molar-refractivity contribution is -0.116. The van der Waals surface area contributed by atoms with Crippen molar-refractivity contribution in [3.8, 4) is 5.75 Å². The number of aryl methyl sites for hydroxylation is 1. The van der Waals surface area contributed by atoms with Gasteiger partial charge in [0.25, 0.3) is 0 Å². The van der Waals surface area contributed by atoms with Gasteiger partial charge in [-0.3, -0.25) is 4.79 Å². The number of halogens is 1. The number of nitrogens with zero attached hydrogens (tertiary/aromatic N) is 1. The maximum absolute atomic E-state index is 13.8. The van der Waals surface area contributed by atoms with Gasteiger partial charge in [0.15, 0.2) is 11.6 Å². The number of amides is 2. The Hall–Kier alpha value is -3.09. The van der Waals surface area contributed by atoms with Crippen molar-refractivity contribution in [1.29, 1.82) is 0 Å². The van der Waals surface area contributed by atoms with Gasteiger partial charge in [0, 0.05) is 18.7 Å². The third-order valence-electron chi connectivity index (χ3n) is 4.54. The first kappa shape index (κ1) is 24.2. The molecule has 1 N–H and O–H groups in total. The van der Waals surface area contributed by atoms with E-state index in [2.05, 4.69) is 5.32 Å². The lowest BCUT2D eigenvalue weighted by Crippen LogP contribution is -2.36. The van der Waals surface area contributed by atoms with Gasteiger partial charge in [-0.2, -0.15) is 0 Å². The third kappa shape index (κ3) is 7.59. The molecule has 2 amide bonds. The molecule has 0 aromatic heterocycles. The Kier molecular flexibility index (Phi) is 8.42. The molecule has 2 rings (SSSR count). The fraction of sp³-hybridized carbons (Fsp3) is 0.417. The number of methoxy groups -OCH3 is 1. The largest absolute Gasteiger partial charge is 0.494 e. The van der Waals surface area contributed by atoms with Crippen LogP contribution in [0.15, 0.2) is 42.5 Å². The molecule has 2 aromatic carbocycles. The highest BCUT2D eigenvalue weighted by atomic mass is 19.1. The van der Waals surface area contributed by atoms with Gasteiger partial charge in [-0.1, -0.05) is 24.3 Å². The highest BCUT2D eigenvalue weighted by Gasteiger charge is 2.22. The van der Waals surface area contributed by atoms with Gasteiger partial charge in [-0.05, 0) is 63.4 Å². The number of anilines is 1. The minimum absolute atomic E-state index is 0.174. The van der Waals surface area contributed by atoms with Crippen molar-refractivity contribution in [3.05, 3.63) is 59.4 Å². The summed E-state index contributed by atoms with van der Waals surface area (Å²) in [5.41, 5.74) is 1.57. The lowest BCUT2D eigenvalue weighted by atomic mass is 10.1. The third-order valence-corrected chi connectivity index (χ3v) is 4.54. The molecule has 2 aromatic rings. The molecule has 6 nitrogen and oxygen atoms in total. The Morgan fingerprint density at radius 2 is 1.84 bits per heavy atom. The minimum Gasteiger partial charge on any atom is -0.494 e. The molecule has 0 unspecified atom stereocenters. The molecule has 0 bridgehead atoms. The number of carbonyl (C=O) groups excluding carboxylic acids is 2. The van der Waals surface area contributed by atoms with Crippen LogP contribution in [0.3, 0.4) is 0 Å². The smallest absolute Gasteiger partial charge is 0.410 e. The molecule has 0 atom stereocenters. The van der Waals surface area contributed by atoms with Gasteiger partial charge in [-0.25, -0.2) is 9.18 Å². The standard InChI is InChI=1S/C24H31FN2O4/c1-6-27(23(29)31-24(2,3)4)16-18-9-7-8-10-20(18)26-22(28)14-12-17-11-13-21(30-5)19(25)15-17/h7-11,13,15H,6,12,14,16H2,1-5H3,(H,26,28). The molecule has 0 saturated heterocycles. The minimum atomic E-state index is -0.584. The molecule has 168 valence electrons. The number of benzene rings is 2. The second-order valence-corrected chi connectivity index (χ2v) is 8.17. The van der Waals surface area contributed by atoms with Crippen molar-refractivity contribution in [2.75, 3.05) is 19.0 Å². The molecule has 0 spiro atoms. The van der Waals surface area contributed by atoms with Crippen LogP contribution in [0.5, 0.6) is 5.75 Å². The Bertz CT molecular complexity index is 909. The molecule has 0 aliphatic carbocycles.